The van der Waals surface area contributed by atoms with E-state index in [9.17, 15) is 9.59 Å². The molecule has 0 saturated carbocycles. The molecule has 0 bridgehead atoms. The van der Waals surface area contributed by atoms with Crippen LogP contribution in [0.5, 0.6) is 0 Å². The minimum absolute atomic E-state index is 0.312. The van der Waals surface area contributed by atoms with Crippen molar-refractivity contribution in [1.82, 2.24) is 5.32 Å². The van der Waals surface area contributed by atoms with Crippen LogP contribution in [-0.4, -0.2) is 40.4 Å². The number of nitrogens with one attached hydrogen (secondary N) is 1. The molecule has 0 radical (unpaired) electrons. The van der Waals surface area contributed by atoms with Crippen molar-refractivity contribution in [2.24, 2.45) is 0 Å². The van der Waals surface area contributed by atoms with Gasteiger partial charge in [-0.2, -0.15) is 0 Å². The summed E-state index contributed by atoms with van der Waals surface area (Å²) in [4.78, 5) is 23.7. The molecule has 1 heterocycles. The Morgan fingerprint density at radius 1 is 0.958 bits per heavy atom. The molecule has 0 aliphatic carbocycles. The maximum absolute atomic E-state index is 12.0. The molecule has 24 heavy (non-hydrogen) atoms. The molecule has 132 valence electrons. The number of benzene rings is 1. The van der Waals surface area contributed by atoms with Crippen molar-refractivity contribution in [3.63, 3.8) is 0 Å². The number of hydrogen-bond donors (Lipinski definition) is 1. The first-order valence-electron chi connectivity index (χ1n) is 8.46. The standard InChI is InChI=1S/C17H25NO5Si/c1-4-21-24(22-5-2,23-6-3)12-8-10-13-9-7-11-14-15(13)17(20)18-16(14)19/h7,9,11H,4-6,8,10,12H2,1-3H3,(H,18,19,20). The SMILES string of the molecule is CCO[Si](CCCc1cccc2c1C(=O)NC2=O)(OCC)OCC. The molecule has 1 aliphatic heterocycles. The van der Waals surface area contributed by atoms with Gasteiger partial charge < -0.3 is 13.3 Å². The second kappa shape index (κ2) is 8.52. The second-order valence-corrected chi connectivity index (χ2v) is 8.19. The second-order valence-electron chi connectivity index (χ2n) is 5.46. The molecular formula is C17H25NO5Si. The lowest BCUT2D eigenvalue weighted by Gasteiger charge is -2.28. The highest BCUT2D eigenvalue weighted by atomic mass is 28.4. The summed E-state index contributed by atoms with van der Waals surface area (Å²) in [7, 11) is -2.67. The fraction of sp³-hybridized carbons (Fsp3) is 0.529. The predicted molar refractivity (Wildman–Crippen MR) is 92.0 cm³/mol. The van der Waals surface area contributed by atoms with E-state index in [1.165, 1.54) is 0 Å². The van der Waals surface area contributed by atoms with Gasteiger partial charge in [-0.3, -0.25) is 14.9 Å². The molecule has 7 heteroatoms. The third-order valence-electron chi connectivity index (χ3n) is 3.87. The highest BCUT2D eigenvalue weighted by molar-refractivity contribution is 6.60. The largest absolute Gasteiger partial charge is 0.500 e. The molecule has 2 rings (SSSR count). The number of fused-ring (bicyclic) bond motifs is 1. The van der Waals surface area contributed by atoms with Gasteiger partial charge in [-0.1, -0.05) is 12.1 Å². The zero-order chi connectivity index (χ0) is 17.6. The van der Waals surface area contributed by atoms with Gasteiger partial charge in [-0.25, -0.2) is 0 Å². The monoisotopic (exact) mass is 351 g/mol. The van der Waals surface area contributed by atoms with Gasteiger partial charge in [0.2, 0.25) is 0 Å². The summed E-state index contributed by atoms with van der Waals surface area (Å²) in [6.07, 6.45) is 1.44. The normalized spacial score (nSPS) is 14.0. The molecule has 1 aliphatic rings. The Morgan fingerprint density at radius 2 is 1.58 bits per heavy atom. The Bertz CT molecular complexity index is 588. The van der Waals surface area contributed by atoms with Gasteiger partial charge in [0.05, 0.1) is 11.1 Å². The summed E-state index contributed by atoms with van der Waals surface area (Å²) in [5.41, 5.74) is 1.84. The summed E-state index contributed by atoms with van der Waals surface area (Å²) in [5.74, 6) is -0.632. The van der Waals surface area contributed by atoms with Crippen LogP contribution in [0.1, 0.15) is 53.5 Å². The van der Waals surface area contributed by atoms with Crippen LogP contribution in [0.3, 0.4) is 0 Å². The van der Waals surface area contributed by atoms with E-state index in [0.717, 1.165) is 12.0 Å². The van der Waals surface area contributed by atoms with Crippen molar-refractivity contribution >= 4 is 20.6 Å². The van der Waals surface area contributed by atoms with E-state index in [2.05, 4.69) is 5.32 Å². The number of amides is 2. The van der Waals surface area contributed by atoms with E-state index in [0.29, 0.717) is 43.4 Å². The summed E-state index contributed by atoms with van der Waals surface area (Å²) in [6, 6.07) is 6.06. The van der Waals surface area contributed by atoms with Gasteiger partial charge in [-0.05, 0) is 45.2 Å². The minimum atomic E-state index is -2.67. The number of hydrogen-bond acceptors (Lipinski definition) is 5. The van der Waals surface area contributed by atoms with Crippen molar-refractivity contribution in [1.29, 1.82) is 0 Å². The van der Waals surface area contributed by atoms with Crippen molar-refractivity contribution in [3.8, 4) is 0 Å². The third-order valence-corrected chi connectivity index (χ3v) is 7.02. The van der Waals surface area contributed by atoms with Crippen molar-refractivity contribution < 1.29 is 22.9 Å². The van der Waals surface area contributed by atoms with E-state index >= 15 is 0 Å². The van der Waals surface area contributed by atoms with Gasteiger partial charge in [-0.15, -0.1) is 0 Å². The predicted octanol–water partition coefficient (Wildman–Crippen LogP) is 2.55. The van der Waals surface area contributed by atoms with Crippen molar-refractivity contribution in [2.45, 2.75) is 39.7 Å². The van der Waals surface area contributed by atoms with Crippen LogP contribution < -0.4 is 5.32 Å². The van der Waals surface area contributed by atoms with Gasteiger partial charge in [0.15, 0.2) is 0 Å². The average molecular weight is 351 g/mol. The molecule has 1 aromatic rings. The number of carbonyl (C=O) groups is 2. The van der Waals surface area contributed by atoms with Gasteiger partial charge in [0, 0.05) is 25.9 Å². The zero-order valence-corrected chi connectivity index (χ0v) is 15.5. The van der Waals surface area contributed by atoms with Gasteiger partial charge in [0.1, 0.15) is 0 Å². The number of rotatable bonds is 10. The van der Waals surface area contributed by atoms with Crippen molar-refractivity contribution in [3.05, 3.63) is 34.9 Å². The quantitative estimate of drug-likeness (QED) is 0.518. The van der Waals surface area contributed by atoms with Gasteiger partial charge >= 0.3 is 8.80 Å². The molecule has 0 saturated heterocycles. The highest BCUT2D eigenvalue weighted by Gasteiger charge is 2.39. The maximum Gasteiger partial charge on any atom is 0.500 e. The molecule has 2 amide bonds. The molecule has 0 fully saturated rings. The third kappa shape index (κ3) is 4.10. The van der Waals surface area contributed by atoms with Crippen LogP contribution >= 0.6 is 0 Å². The fourth-order valence-corrected chi connectivity index (χ4v) is 5.61. The lowest BCUT2D eigenvalue weighted by atomic mass is 9.99. The van der Waals surface area contributed by atoms with E-state index < -0.39 is 8.80 Å². The first kappa shape index (κ1) is 18.8. The highest BCUT2D eigenvalue weighted by Crippen LogP contribution is 2.24. The molecule has 1 aromatic carbocycles. The van der Waals surface area contributed by atoms with Crippen LogP contribution in [0.2, 0.25) is 6.04 Å². The fourth-order valence-electron chi connectivity index (χ4n) is 3.00. The topological polar surface area (TPSA) is 73.9 Å². The Hall–Kier alpha value is -1.54. The van der Waals surface area contributed by atoms with Crippen LogP contribution in [-0.2, 0) is 19.7 Å². The lowest BCUT2D eigenvalue weighted by molar-refractivity contribution is 0.0708. The Morgan fingerprint density at radius 3 is 2.17 bits per heavy atom. The maximum atomic E-state index is 12.0. The Labute approximate surface area is 143 Å². The Kier molecular flexibility index (Phi) is 6.67. The summed E-state index contributed by atoms with van der Waals surface area (Å²) in [5, 5.41) is 2.35. The molecule has 0 atom stereocenters. The van der Waals surface area contributed by atoms with E-state index in [1.54, 1.807) is 6.07 Å². The number of carbonyl (C=O) groups excluding carboxylic acids is 2. The van der Waals surface area contributed by atoms with E-state index in [1.807, 2.05) is 32.9 Å². The van der Waals surface area contributed by atoms with Crippen molar-refractivity contribution in [2.75, 3.05) is 19.8 Å². The number of imide groups is 1. The zero-order valence-electron chi connectivity index (χ0n) is 14.5. The summed E-state index contributed by atoms with van der Waals surface area (Å²) < 4.78 is 17.5. The van der Waals surface area contributed by atoms with Crippen LogP contribution in [0, 0.1) is 0 Å². The Balaban J connectivity index is 2.08. The van der Waals surface area contributed by atoms with Crippen LogP contribution in [0.25, 0.3) is 0 Å². The molecule has 0 spiro atoms. The van der Waals surface area contributed by atoms with Crippen LogP contribution in [0.4, 0.5) is 0 Å². The lowest BCUT2D eigenvalue weighted by Crippen LogP contribution is -2.46. The first-order valence-corrected chi connectivity index (χ1v) is 10.4. The smallest absolute Gasteiger partial charge is 0.374 e. The molecule has 1 N–H and O–H groups in total. The summed E-state index contributed by atoms with van der Waals surface area (Å²) >= 11 is 0. The van der Waals surface area contributed by atoms with E-state index in [-0.39, 0.29) is 11.8 Å². The van der Waals surface area contributed by atoms with E-state index in [4.69, 9.17) is 13.3 Å². The minimum Gasteiger partial charge on any atom is -0.374 e. The molecular weight excluding hydrogens is 326 g/mol. The average Bonchev–Trinajstić information content (AvgIpc) is 2.84. The number of aryl methyl sites for hydroxylation is 1. The molecule has 0 aromatic heterocycles. The van der Waals surface area contributed by atoms with Gasteiger partial charge in [0.25, 0.3) is 11.8 Å². The molecule has 0 unspecified atom stereocenters. The summed E-state index contributed by atoms with van der Waals surface area (Å²) in [6.45, 7) is 7.43. The first-order chi connectivity index (χ1) is 11.6. The van der Waals surface area contributed by atoms with Crippen LogP contribution in [0.15, 0.2) is 18.2 Å². The molecule has 6 nitrogen and oxygen atoms in total.